The average Bonchev–Trinajstić information content (AvgIpc) is 2.15. The Morgan fingerprint density at radius 1 is 1.29 bits per heavy atom. The molecule has 0 amide bonds. The Balaban J connectivity index is 4.27. The minimum absolute atomic E-state index is 0.447. The van der Waals surface area contributed by atoms with Gasteiger partial charge in [-0.05, 0) is 19.8 Å². The lowest BCUT2D eigenvalue weighted by Crippen LogP contribution is -2.18. The normalized spacial score (nSPS) is 12.2. The smallest absolute Gasteiger partial charge is 0.333 e. The lowest BCUT2D eigenvalue weighted by atomic mass is 10.1. The van der Waals surface area contributed by atoms with Gasteiger partial charge in [0.2, 0.25) is 0 Å². The second-order valence-electron chi connectivity index (χ2n) is 3.44. The lowest BCUT2D eigenvalue weighted by Gasteiger charge is -2.11. The van der Waals surface area contributed by atoms with E-state index < -0.39 is 5.97 Å². The molecular formula is C11H21NO2. The van der Waals surface area contributed by atoms with Crippen LogP contribution in [0.15, 0.2) is 11.3 Å². The Morgan fingerprint density at radius 3 is 2.36 bits per heavy atom. The molecule has 0 atom stereocenters. The van der Waals surface area contributed by atoms with E-state index in [0.29, 0.717) is 5.57 Å². The van der Waals surface area contributed by atoms with Crippen molar-refractivity contribution >= 4 is 5.97 Å². The Hall–Kier alpha value is -0.990. The number of hydrogen-bond donors (Lipinski definition) is 2. The van der Waals surface area contributed by atoms with Crippen LogP contribution in [0.5, 0.6) is 0 Å². The first-order valence-corrected chi connectivity index (χ1v) is 5.30. The van der Waals surface area contributed by atoms with Crippen molar-refractivity contribution in [3.63, 3.8) is 0 Å². The third-order valence-corrected chi connectivity index (χ3v) is 2.14. The van der Waals surface area contributed by atoms with Gasteiger partial charge >= 0.3 is 5.97 Å². The van der Waals surface area contributed by atoms with Crippen LogP contribution in [0.1, 0.15) is 46.5 Å². The van der Waals surface area contributed by atoms with Crippen LogP contribution < -0.4 is 5.32 Å². The van der Waals surface area contributed by atoms with Crippen molar-refractivity contribution in [3.8, 4) is 0 Å². The molecule has 0 bridgehead atoms. The number of aliphatic carboxylic acids is 1. The average molecular weight is 199 g/mol. The van der Waals surface area contributed by atoms with Gasteiger partial charge in [0.05, 0.1) is 5.57 Å². The zero-order valence-corrected chi connectivity index (χ0v) is 9.39. The molecular weight excluding hydrogens is 178 g/mol. The van der Waals surface area contributed by atoms with Crippen LogP contribution in [-0.4, -0.2) is 17.6 Å². The first-order valence-electron chi connectivity index (χ1n) is 5.30. The Bertz CT molecular complexity index is 209. The molecule has 0 unspecified atom stereocenters. The van der Waals surface area contributed by atoms with Gasteiger partial charge in [0.15, 0.2) is 0 Å². The second-order valence-corrected chi connectivity index (χ2v) is 3.44. The van der Waals surface area contributed by atoms with E-state index in [1.807, 2.05) is 0 Å². The third-order valence-electron chi connectivity index (χ3n) is 2.14. The summed E-state index contributed by atoms with van der Waals surface area (Å²) in [6.45, 7) is 6.70. The number of carboxylic acid groups (broad SMARTS) is 1. The van der Waals surface area contributed by atoms with E-state index >= 15 is 0 Å². The van der Waals surface area contributed by atoms with Crippen LogP contribution in [-0.2, 0) is 4.79 Å². The highest BCUT2D eigenvalue weighted by atomic mass is 16.4. The summed E-state index contributed by atoms with van der Waals surface area (Å²) in [4.78, 5) is 10.8. The summed E-state index contributed by atoms with van der Waals surface area (Å²) in [5.74, 6) is -0.822. The Kier molecular flexibility index (Phi) is 6.89. The quantitative estimate of drug-likeness (QED) is 0.489. The molecule has 0 saturated carbocycles. The molecule has 0 aromatic rings. The predicted molar refractivity (Wildman–Crippen MR) is 58.2 cm³/mol. The summed E-state index contributed by atoms with van der Waals surface area (Å²) < 4.78 is 0. The van der Waals surface area contributed by atoms with Gasteiger partial charge in [-0.15, -0.1) is 0 Å². The van der Waals surface area contributed by atoms with Crippen LogP contribution >= 0.6 is 0 Å². The van der Waals surface area contributed by atoms with Crippen molar-refractivity contribution in [2.45, 2.75) is 46.5 Å². The topological polar surface area (TPSA) is 49.3 Å². The van der Waals surface area contributed by atoms with Gasteiger partial charge in [-0.2, -0.15) is 0 Å². The Morgan fingerprint density at radius 2 is 1.93 bits per heavy atom. The van der Waals surface area contributed by atoms with Crippen LogP contribution in [0.2, 0.25) is 0 Å². The van der Waals surface area contributed by atoms with Crippen LogP contribution in [0.3, 0.4) is 0 Å². The maximum absolute atomic E-state index is 10.8. The molecule has 0 spiro atoms. The number of hydrogen-bond acceptors (Lipinski definition) is 2. The highest BCUT2D eigenvalue weighted by molar-refractivity contribution is 5.86. The molecule has 14 heavy (non-hydrogen) atoms. The van der Waals surface area contributed by atoms with E-state index in [4.69, 9.17) is 5.11 Å². The SMILES string of the molecule is CCCCN/C(CCC)=C(\C)C(=O)O. The van der Waals surface area contributed by atoms with Gasteiger partial charge in [-0.3, -0.25) is 0 Å². The van der Waals surface area contributed by atoms with Crippen molar-refractivity contribution in [3.05, 3.63) is 11.3 Å². The van der Waals surface area contributed by atoms with Gasteiger partial charge in [-0.1, -0.05) is 26.7 Å². The van der Waals surface area contributed by atoms with Crippen molar-refractivity contribution in [1.29, 1.82) is 0 Å². The molecule has 0 radical (unpaired) electrons. The number of carboxylic acids is 1. The van der Waals surface area contributed by atoms with E-state index in [1.54, 1.807) is 6.92 Å². The van der Waals surface area contributed by atoms with E-state index in [-0.39, 0.29) is 0 Å². The monoisotopic (exact) mass is 199 g/mol. The van der Waals surface area contributed by atoms with Crippen molar-refractivity contribution in [2.24, 2.45) is 0 Å². The molecule has 3 heteroatoms. The van der Waals surface area contributed by atoms with Gasteiger partial charge in [0.1, 0.15) is 0 Å². The molecule has 0 aromatic carbocycles. The largest absolute Gasteiger partial charge is 0.478 e. The van der Waals surface area contributed by atoms with E-state index in [2.05, 4.69) is 19.2 Å². The molecule has 0 aromatic heterocycles. The van der Waals surface area contributed by atoms with E-state index in [0.717, 1.165) is 37.9 Å². The summed E-state index contributed by atoms with van der Waals surface area (Å²) in [6.07, 6.45) is 4.00. The number of rotatable bonds is 7. The maximum Gasteiger partial charge on any atom is 0.333 e. The molecule has 0 saturated heterocycles. The standard InChI is InChI=1S/C11H21NO2/c1-4-6-8-12-10(7-5-2)9(3)11(13)14/h12H,4-8H2,1-3H3,(H,13,14)/b10-9+. The fraction of sp³-hybridized carbons (Fsp3) is 0.727. The molecule has 0 heterocycles. The fourth-order valence-electron chi connectivity index (χ4n) is 1.20. The van der Waals surface area contributed by atoms with Crippen molar-refractivity contribution in [2.75, 3.05) is 6.54 Å². The van der Waals surface area contributed by atoms with Gasteiger partial charge < -0.3 is 10.4 Å². The zero-order chi connectivity index (χ0) is 11.0. The van der Waals surface area contributed by atoms with Crippen molar-refractivity contribution < 1.29 is 9.90 Å². The van der Waals surface area contributed by atoms with Crippen molar-refractivity contribution in [1.82, 2.24) is 5.32 Å². The number of carbonyl (C=O) groups is 1. The highest BCUT2D eigenvalue weighted by Crippen LogP contribution is 2.08. The molecule has 0 fully saturated rings. The number of allylic oxidation sites excluding steroid dienone is 1. The third kappa shape index (κ3) is 4.90. The first-order chi connectivity index (χ1) is 6.63. The molecule has 0 aliphatic carbocycles. The summed E-state index contributed by atoms with van der Waals surface area (Å²) in [6, 6.07) is 0. The molecule has 3 nitrogen and oxygen atoms in total. The van der Waals surface area contributed by atoms with E-state index in [1.165, 1.54) is 0 Å². The highest BCUT2D eigenvalue weighted by Gasteiger charge is 2.07. The second kappa shape index (κ2) is 7.42. The molecule has 2 N–H and O–H groups in total. The molecule has 0 aliphatic heterocycles. The molecule has 0 aliphatic rings. The van der Waals surface area contributed by atoms with E-state index in [9.17, 15) is 4.79 Å². The minimum Gasteiger partial charge on any atom is -0.478 e. The molecule has 0 rings (SSSR count). The summed E-state index contributed by atoms with van der Waals surface area (Å²) in [7, 11) is 0. The lowest BCUT2D eigenvalue weighted by molar-refractivity contribution is -0.132. The summed E-state index contributed by atoms with van der Waals surface area (Å²) in [5, 5.41) is 12.0. The fourth-order valence-corrected chi connectivity index (χ4v) is 1.20. The Labute approximate surface area is 86.2 Å². The number of unbranched alkanes of at least 4 members (excludes halogenated alkanes) is 1. The van der Waals surface area contributed by atoms with Gasteiger partial charge in [0, 0.05) is 12.2 Å². The van der Waals surface area contributed by atoms with Crippen LogP contribution in [0, 0.1) is 0 Å². The van der Waals surface area contributed by atoms with Crippen LogP contribution in [0.25, 0.3) is 0 Å². The van der Waals surface area contributed by atoms with Gasteiger partial charge in [-0.25, -0.2) is 4.79 Å². The first kappa shape index (κ1) is 13.0. The minimum atomic E-state index is -0.822. The van der Waals surface area contributed by atoms with Crippen LogP contribution in [0.4, 0.5) is 0 Å². The summed E-state index contributed by atoms with van der Waals surface area (Å²) >= 11 is 0. The maximum atomic E-state index is 10.8. The zero-order valence-electron chi connectivity index (χ0n) is 9.39. The summed E-state index contributed by atoms with van der Waals surface area (Å²) in [5.41, 5.74) is 1.33. The predicted octanol–water partition coefficient (Wildman–Crippen LogP) is 2.53. The molecule has 82 valence electrons. The van der Waals surface area contributed by atoms with Gasteiger partial charge in [0.25, 0.3) is 0 Å². The number of nitrogens with one attached hydrogen (secondary N) is 1.